The first kappa shape index (κ1) is 31.9. The van der Waals surface area contributed by atoms with Crippen LogP contribution in [0.4, 0.5) is 13.2 Å². The van der Waals surface area contributed by atoms with E-state index in [1.165, 1.54) is 12.1 Å². The van der Waals surface area contributed by atoms with Crippen LogP contribution >= 0.6 is 0 Å². The van der Waals surface area contributed by atoms with Crippen molar-refractivity contribution in [1.29, 1.82) is 0 Å². The van der Waals surface area contributed by atoms with Crippen LogP contribution < -0.4 is 4.74 Å². The number of rotatable bonds is 11. The zero-order valence-corrected chi connectivity index (χ0v) is 18.8. The van der Waals surface area contributed by atoms with Gasteiger partial charge in [-0.3, -0.25) is 0 Å². The van der Waals surface area contributed by atoms with Crippen LogP contribution in [0.5, 0.6) is 11.5 Å². The molecule has 0 spiro atoms. The summed E-state index contributed by atoms with van der Waals surface area (Å²) >= 11 is 0. The van der Waals surface area contributed by atoms with Gasteiger partial charge in [0.25, 0.3) is 0 Å². The Labute approximate surface area is 248 Å². The zero-order valence-electron chi connectivity index (χ0n) is 18.8. The molecule has 0 saturated heterocycles. The number of phenolic OH excluding ortho intramolecular Hbond substituents is 1. The van der Waals surface area contributed by atoms with E-state index < -0.39 is 11.7 Å². The van der Waals surface area contributed by atoms with E-state index in [1.54, 1.807) is 18.2 Å². The molecule has 1 heterocycles. The molecule has 0 aliphatic carbocycles. The number of aromatic nitrogens is 4. The van der Waals surface area contributed by atoms with Crippen molar-refractivity contribution in [1.82, 2.24) is 20.6 Å². The van der Waals surface area contributed by atoms with Crippen LogP contribution in [-0.4, -0.2) is 91.5 Å². The number of unbranched alkanes of at least 4 members (excludes halogenated alkanes) is 2. The number of hydrogen-bond donors (Lipinski definition) is 2. The Kier molecular flexibility index (Phi) is 13.3. The molecule has 0 atom stereocenters. The summed E-state index contributed by atoms with van der Waals surface area (Å²) in [6.07, 6.45) is 0.565. The summed E-state index contributed by atoms with van der Waals surface area (Å²) < 4.78 is 43.7. The van der Waals surface area contributed by atoms with Gasteiger partial charge in [-0.15, -0.1) is 10.2 Å². The number of aromatic amines is 1. The van der Waals surface area contributed by atoms with Gasteiger partial charge in [0.05, 0.1) is 12.2 Å². The van der Waals surface area contributed by atoms with Gasteiger partial charge in [-0.1, -0.05) is 50.1 Å². The summed E-state index contributed by atoms with van der Waals surface area (Å²) in [5.41, 5.74) is 0.720. The van der Waals surface area contributed by atoms with E-state index in [-0.39, 0.29) is 70.3 Å². The van der Waals surface area contributed by atoms with Gasteiger partial charge in [-0.25, -0.2) is 0 Å². The van der Waals surface area contributed by atoms with Crippen molar-refractivity contribution in [3.63, 3.8) is 0 Å². The second kappa shape index (κ2) is 14.6. The molecular formula is C24H31F3N4Na2O2. The van der Waals surface area contributed by atoms with Crippen molar-refractivity contribution in [3.8, 4) is 11.5 Å². The number of halogens is 3. The quantitative estimate of drug-likeness (QED) is 0.296. The van der Waals surface area contributed by atoms with Crippen molar-refractivity contribution < 1.29 is 23.0 Å². The van der Waals surface area contributed by atoms with E-state index in [2.05, 4.69) is 34.5 Å². The third-order valence-electron chi connectivity index (χ3n) is 5.69. The number of benzene rings is 2. The molecule has 35 heavy (non-hydrogen) atoms. The minimum absolute atomic E-state index is 0. The Morgan fingerprint density at radius 1 is 0.943 bits per heavy atom. The van der Waals surface area contributed by atoms with Gasteiger partial charge in [-0.05, 0) is 55.0 Å². The summed E-state index contributed by atoms with van der Waals surface area (Å²) in [6.45, 7) is 4.74. The maximum atomic E-state index is 12.7. The van der Waals surface area contributed by atoms with Crippen molar-refractivity contribution in [2.24, 2.45) is 0 Å². The molecule has 1 aromatic heterocycles. The number of tetrazole rings is 1. The Morgan fingerprint density at radius 3 is 2.26 bits per heavy atom. The summed E-state index contributed by atoms with van der Waals surface area (Å²) in [5, 5.41) is 24.5. The van der Waals surface area contributed by atoms with Gasteiger partial charge < -0.3 is 9.84 Å². The van der Waals surface area contributed by atoms with Crippen LogP contribution in [0.2, 0.25) is 0 Å². The second-order valence-corrected chi connectivity index (χ2v) is 8.76. The average molecular weight is 511 g/mol. The van der Waals surface area contributed by atoms with Gasteiger partial charge in [-0.2, -0.15) is 18.4 Å². The first-order valence-corrected chi connectivity index (χ1v) is 11.0. The summed E-state index contributed by atoms with van der Waals surface area (Å²) in [5.74, 6) is 1.44. The first-order chi connectivity index (χ1) is 15.6. The first-order valence-electron chi connectivity index (χ1n) is 11.0. The monoisotopic (exact) mass is 510 g/mol. The number of nitrogens with one attached hydrogen (secondary N) is 1. The van der Waals surface area contributed by atoms with Crippen molar-refractivity contribution in [2.75, 3.05) is 6.61 Å². The molecule has 0 unspecified atom stereocenters. The van der Waals surface area contributed by atoms with Gasteiger partial charge in [0.15, 0.2) is 5.82 Å². The van der Waals surface area contributed by atoms with E-state index in [1.807, 2.05) is 0 Å². The number of hydrogen-bond acceptors (Lipinski definition) is 5. The van der Waals surface area contributed by atoms with Gasteiger partial charge in [0, 0.05) is 11.5 Å². The molecule has 0 aliphatic rings. The van der Waals surface area contributed by atoms with Crippen LogP contribution in [0.15, 0.2) is 42.5 Å². The number of aromatic hydroxyl groups is 1. The molecule has 3 aromatic rings. The topological polar surface area (TPSA) is 83.9 Å². The molecule has 2 aromatic carbocycles. The third-order valence-corrected chi connectivity index (χ3v) is 5.69. The number of phenols is 1. The van der Waals surface area contributed by atoms with E-state index >= 15 is 0 Å². The van der Waals surface area contributed by atoms with Crippen LogP contribution in [0, 0.1) is 0 Å². The molecule has 0 saturated carbocycles. The number of alkyl halides is 3. The second-order valence-electron chi connectivity index (χ2n) is 8.76. The van der Waals surface area contributed by atoms with E-state index in [0.717, 1.165) is 48.9 Å². The average Bonchev–Trinajstić information content (AvgIpc) is 3.31. The van der Waals surface area contributed by atoms with Crippen LogP contribution in [0.3, 0.4) is 0 Å². The molecule has 6 nitrogen and oxygen atoms in total. The SMILES string of the molecule is CC(C)(CCCCCOc1ccc(CCc2ccc(C(F)(F)F)cc2)c(O)c1)c1nn[nH]n1.[NaH].[NaH]. The van der Waals surface area contributed by atoms with Gasteiger partial charge in [0.2, 0.25) is 0 Å². The molecular weight excluding hydrogens is 479 g/mol. The molecule has 0 radical (unpaired) electrons. The van der Waals surface area contributed by atoms with Crippen LogP contribution in [0.25, 0.3) is 0 Å². The van der Waals surface area contributed by atoms with Gasteiger partial charge >= 0.3 is 65.3 Å². The minimum atomic E-state index is -4.33. The molecule has 0 amide bonds. The zero-order chi connectivity index (χ0) is 23.9. The molecule has 2 N–H and O–H groups in total. The number of ether oxygens (including phenoxy) is 1. The normalized spacial score (nSPS) is 11.5. The molecule has 0 fully saturated rings. The third kappa shape index (κ3) is 10.1. The van der Waals surface area contributed by atoms with E-state index in [0.29, 0.717) is 31.0 Å². The number of aryl methyl sites for hydroxylation is 2. The summed E-state index contributed by atoms with van der Waals surface area (Å²) in [7, 11) is 0. The Balaban J connectivity index is 0.00000306. The fraction of sp³-hybridized carbons (Fsp3) is 0.458. The predicted octanol–water partition coefficient (Wildman–Crippen LogP) is 4.33. The molecule has 182 valence electrons. The Bertz CT molecular complexity index is 1010. The maximum absolute atomic E-state index is 12.7. The Hall–Kier alpha value is -1.10. The van der Waals surface area contributed by atoms with Crippen molar-refractivity contribution >= 4 is 59.1 Å². The standard InChI is InChI=1S/C24H29F3N4O2.2Na.2H/c1-23(2,22-28-30-31-29-22)14-4-3-5-15-33-20-13-10-18(21(32)16-20)9-6-17-7-11-19(12-8-17)24(25,26)27;;;;/h7-8,10-13,16,32H,3-6,9,14-15H2,1-2H3,(H,28,29,30,31);;;;. The van der Waals surface area contributed by atoms with Gasteiger partial charge in [0.1, 0.15) is 11.5 Å². The van der Waals surface area contributed by atoms with Crippen molar-refractivity contribution in [3.05, 3.63) is 65.0 Å². The molecule has 0 aliphatic heterocycles. The van der Waals surface area contributed by atoms with Crippen LogP contribution in [-0.2, 0) is 24.4 Å². The fourth-order valence-corrected chi connectivity index (χ4v) is 3.58. The number of H-pyrrole nitrogens is 1. The van der Waals surface area contributed by atoms with Crippen molar-refractivity contribution in [2.45, 2.75) is 64.0 Å². The predicted molar refractivity (Wildman–Crippen MR) is 132 cm³/mol. The molecule has 3 rings (SSSR count). The van der Waals surface area contributed by atoms with E-state index in [9.17, 15) is 18.3 Å². The summed E-state index contributed by atoms with van der Waals surface area (Å²) in [4.78, 5) is 0. The van der Waals surface area contributed by atoms with E-state index in [4.69, 9.17) is 4.74 Å². The summed E-state index contributed by atoms with van der Waals surface area (Å²) in [6, 6.07) is 10.3. The van der Waals surface area contributed by atoms with Crippen LogP contribution in [0.1, 0.15) is 62.0 Å². The number of nitrogens with zero attached hydrogens (tertiary/aromatic N) is 3. The molecule has 11 heteroatoms. The Morgan fingerprint density at radius 2 is 1.66 bits per heavy atom. The fourth-order valence-electron chi connectivity index (χ4n) is 3.58. The molecule has 0 bridgehead atoms.